The molecule has 5 atom stereocenters. The Morgan fingerprint density at radius 2 is 1.85 bits per heavy atom. The third kappa shape index (κ3) is 16.5. The Morgan fingerprint density at radius 3 is 2.56 bits per heavy atom. The summed E-state index contributed by atoms with van der Waals surface area (Å²) < 4.78 is 5.84. The lowest BCUT2D eigenvalue weighted by Gasteiger charge is -2.22. The number of hydrogen-bond donors (Lipinski definition) is 4. The van der Waals surface area contributed by atoms with Gasteiger partial charge < -0.3 is 25.4 Å². The number of carbonyl (C=O) groups excluding carboxylic acids is 2. The quantitative estimate of drug-likeness (QED) is 0.166. The molecular weight excluding hydrogens is 494 g/mol. The van der Waals surface area contributed by atoms with E-state index in [0.29, 0.717) is 38.5 Å². The maximum atomic E-state index is 12.6. The number of rotatable bonds is 5. The first-order valence-electron chi connectivity index (χ1n) is 13.7. The molecule has 1 heterocycles. The Balaban J connectivity index is 3.01. The Bertz CT molecular complexity index is 981. The van der Waals surface area contributed by atoms with Gasteiger partial charge in [0.15, 0.2) is 0 Å². The number of allylic oxidation sites excluding steroid dienone is 7. The zero-order valence-corrected chi connectivity index (χ0v) is 24.0. The van der Waals surface area contributed by atoms with Crippen molar-refractivity contribution >= 4 is 11.9 Å². The summed E-state index contributed by atoms with van der Waals surface area (Å²) in [7, 11) is 0. The first kappa shape index (κ1) is 34.0. The van der Waals surface area contributed by atoms with Crippen LogP contribution in [0.25, 0.3) is 0 Å². The Morgan fingerprint density at radius 1 is 1.10 bits per heavy atom. The van der Waals surface area contributed by atoms with Crippen LogP contribution in [0.1, 0.15) is 73.1 Å². The molecule has 0 aliphatic carbocycles. The van der Waals surface area contributed by atoms with E-state index in [9.17, 15) is 24.9 Å². The maximum absolute atomic E-state index is 12.6. The number of carbonyl (C=O) groups is 2. The van der Waals surface area contributed by atoms with Gasteiger partial charge >= 0.3 is 5.97 Å². The number of ether oxygens (including phenoxy) is 1. The van der Waals surface area contributed by atoms with Gasteiger partial charge in [0.05, 0.1) is 18.3 Å². The molecule has 0 spiro atoms. The first-order chi connectivity index (χ1) is 18.5. The average Bonchev–Trinajstić information content (AvgIpc) is 2.85. The van der Waals surface area contributed by atoms with E-state index in [2.05, 4.69) is 5.32 Å². The zero-order valence-electron chi connectivity index (χ0n) is 24.0. The van der Waals surface area contributed by atoms with Crippen LogP contribution in [-0.4, -0.2) is 51.6 Å². The highest BCUT2D eigenvalue weighted by Gasteiger charge is 2.20. The lowest BCUT2D eigenvalue weighted by molar-refractivity contribution is -0.144. The van der Waals surface area contributed by atoms with Crippen molar-refractivity contribution in [3.8, 4) is 0 Å². The maximum Gasteiger partial charge on any atom is 0.330 e. The van der Waals surface area contributed by atoms with Crippen molar-refractivity contribution in [1.29, 1.82) is 0 Å². The summed E-state index contributed by atoms with van der Waals surface area (Å²) >= 11 is 0. The van der Waals surface area contributed by atoms with E-state index in [0.717, 1.165) is 16.7 Å². The number of cyclic esters (lactones) is 1. The van der Waals surface area contributed by atoms with Crippen LogP contribution in [0.2, 0.25) is 0 Å². The van der Waals surface area contributed by atoms with Gasteiger partial charge in [-0.2, -0.15) is 0 Å². The summed E-state index contributed by atoms with van der Waals surface area (Å²) in [5.41, 5.74) is 2.87. The van der Waals surface area contributed by atoms with Gasteiger partial charge in [0.25, 0.3) is 0 Å². The van der Waals surface area contributed by atoms with Crippen LogP contribution in [0.4, 0.5) is 0 Å². The van der Waals surface area contributed by atoms with Crippen molar-refractivity contribution in [2.45, 2.75) is 97.6 Å². The second kappa shape index (κ2) is 19.1. The first-order valence-corrected chi connectivity index (χ1v) is 13.7. The molecule has 0 aromatic rings. The van der Waals surface area contributed by atoms with E-state index in [1.807, 2.05) is 58.9 Å². The molecule has 0 radical (unpaired) electrons. The molecule has 7 nitrogen and oxygen atoms in total. The summed E-state index contributed by atoms with van der Waals surface area (Å²) in [6, 6.07) is 0. The minimum Gasteiger partial charge on any atom is -0.458 e. The molecule has 4 N–H and O–H groups in total. The highest BCUT2D eigenvalue weighted by Crippen LogP contribution is 2.20. The lowest BCUT2D eigenvalue weighted by Crippen LogP contribution is -2.24. The predicted molar refractivity (Wildman–Crippen MR) is 156 cm³/mol. The molecule has 0 bridgehead atoms. The van der Waals surface area contributed by atoms with Gasteiger partial charge in [-0.25, -0.2) is 4.79 Å². The fourth-order valence-corrected chi connectivity index (χ4v) is 3.90. The van der Waals surface area contributed by atoms with Gasteiger partial charge in [-0.1, -0.05) is 66.2 Å². The van der Waals surface area contributed by atoms with E-state index in [-0.39, 0.29) is 11.8 Å². The van der Waals surface area contributed by atoms with Gasteiger partial charge in [-0.3, -0.25) is 4.79 Å². The number of esters is 1. The molecule has 216 valence electrons. The monoisotopic (exact) mass is 541 g/mol. The van der Waals surface area contributed by atoms with Gasteiger partial charge in [-0.15, -0.1) is 0 Å². The third-order valence-electron chi connectivity index (χ3n) is 6.09. The van der Waals surface area contributed by atoms with Crippen LogP contribution in [-0.2, 0) is 14.3 Å². The average molecular weight is 542 g/mol. The van der Waals surface area contributed by atoms with Crippen molar-refractivity contribution in [1.82, 2.24) is 5.32 Å². The van der Waals surface area contributed by atoms with E-state index in [1.165, 1.54) is 24.3 Å². The van der Waals surface area contributed by atoms with Crippen LogP contribution in [0.5, 0.6) is 0 Å². The molecule has 0 aromatic heterocycles. The molecule has 0 unspecified atom stereocenters. The second-order valence-electron chi connectivity index (χ2n) is 10.4. The molecule has 39 heavy (non-hydrogen) atoms. The fourth-order valence-electron chi connectivity index (χ4n) is 3.90. The van der Waals surface area contributed by atoms with E-state index in [1.54, 1.807) is 18.4 Å². The van der Waals surface area contributed by atoms with Crippen LogP contribution < -0.4 is 5.32 Å². The topological polar surface area (TPSA) is 116 Å². The number of aliphatic hydroxyl groups excluding tert-OH is 3. The molecule has 0 saturated heterocycles. The molecule has 1 rings (SSSR count). The van der Waals surface area contributed by atoms with E-state index >= 15 is 0 Å². The fraction of sp³-hybridized carbons (Fsp3) is 0.500. The number of amides is 1. The van der Waals surface area contributed by atoms with Gasteiger partial charge in [-0.05, 0) is 65.9 Å². The molecule has 1 aliphatic heterocycles. The van der Waals surface area contributed by atoms with E-state index in [4.69, 9.17) is 4.74 Å². The Labute approximate surface area is 234 Å². The SMILES string of the molecule is CC(C)=CC(=O)N/C=C/C(C)=C/[C@@H](C)[C@H]1C/C(C)=C/C=C/CC[C@@H](O)[C@H](O)/C=C/[C@H](O)CCC/C=C/C(=O)O1. The summed E-state index contributed by atoms with van der Waals surface area (Å²) in [6.45, 7) is 9.61. The summed E-state index contributed by atoms with van der Waals surface area (Å²) in [6.07, 6.45) is 18.9. The molecule has 1 amide bonds. The normalized spacial score (nSPS) is 29.3. The van der Waals surface area contributed by atoms with Crippen molar-refractivity contribution in [2.24, 2.45) is 5.92 Å². The van der Waals surface area contributed by atoms with Crippen LogP contribution in [0, 0.1) is 5.92 Å². The molecule has 0 fully saturated rings. The summed E-state index contributed by atoms with van der Waals surface area (Å²) in [5.74, 6) is -0.699. The summed E-state index contributed by atoms with van der Waals surface area (Å²) in [5, 5.41) is 33.1. The van der Waals surface area contributed by atoms with Crippen LogP contribution in [0.3, 0.4) is 0 Å². The second-order valence-corrected chi connectivity index (χ2v) is 10.4. The highest BCUT2D eigenvalue weighted by atomic mass is 16.5. The van der Waals surface area contributed by atoms with Crippen LogP contribution >= 0.6 is 0 Å². The number of nitrogens with one attached hydrogen (secondary N) is 1. The Kier molecular flexibility index (Phi) is 16.7. The van der Waals surface area contributed by atoms with Gasteiger partial charge in [0.1, 0.15) is 6.10 Å². The molecule has 0 saturated carbocycles. The third-order valence-corrected chi connectivity index (χ3v) is 6.09. The molecule has 7 heteroatoms. The number of aliphatic hydroxyl groups is 3. The van der Waals surface area contributed by atoms with Crippen molar-refractivity contribution in [3.05, 3.63) is 83.7 Å². The van der Waals surface area contributed by atoms with Gasteiger partial charge in [0.2, 0.25) is 5.91 Å². The highest BCUT2D eigenvalue weighted by molar-refractivity contribution is 5.88. The van der Waals surface area contributed by atoms with E-state index < -0.39 is 30.4 Å². The summed E-state index contributed by atoms with van der Waals surface area (Å²) in [4.78, 5) is 24.4. The Hall–Kier alpha value is -3.00. The number of hydrogen-bond acceptors (Lipinski definition) is 6. The smallest absolute Gasteiger partial charge is 0.330 e. The predicted octanol–water partition coefficient (Wildman–Crippen LogP) is 5.13. The van der Waals surface area contributed by atoms with Crippen LogP contribution in [0.15, 0.2) is 83.7 Å². The standard InChI is InChI=1S/C32H47NO6/c1-23(2)20-31(37)33-19-18-25(4)21-26(5)30-22-24(3)12-8-6-10-14-28(35)29(36)17-16-27(34)13-9-7-11-15-32(38)39-30/h6,8,11-12,15-21,26-30,34-36H,7,9-10,13-14,22H2,1-5H3,(H,33,37)/b8-6+,15-11+,17-16+,19-18+,24-12+,25-21+/t26-,27-,28-,29-,30-/m1/s1. The van der Waals surface area contributed by atoms with Crippen molar-refractivity contribution in [3.63, 3.8) is 0 Å². The largest absolute Gasteiger partial charge is 0.458 e. The van der Waals surface area contributed by atoms with Crippen molar-refractivity contribution < 1.29 is 29.6 Å². The van der Waals surface area contributed by atoms with Gasteiger partial charge in [0, 0.05) is 30.7 Å². The van der Waals surface area contributed by atoms with Crippen molar-refractivity contribution in [2.75, 3.05) is 0 Å². The molecule has 1 aliphatic rings. The minimum atomic E-state index is -1.03. The molecular formula is C32H47NO6. The lowest BCUT2D eigenvalue weighted by atomic mass is 9.95. The zero-order chi connectivity index (χ0) is 29.2. The molecule has 0 aromatic carbocycles. The minimum absolute atomic E-state index is 0.0933.